The van der Waals surface area contributed by atoms with Gasteiger partial charge in [-0.15, -0.1) is 0 Å². The minimum absolute atomic E-state index is 0.164. The minimum Gasteiger partial charge on any atom is -0.511 e. The first-order chi connectivity index (χ1) is 10.8. The lowest BCUT2D eigenvalue weighted by Crippen LogP contribution is -2.41. The van der Waals surface area contributed by atoms with Crippen LogP contribution in [0.25, 0.3) is 0 Å². The zero-order valence-corrected chi connectivity index (χ0v) is 14.9. The summed E-state index contributed by atoms with van der Waals surface area (Å²) in [4.78, 5) is 28.8. The average molecular weight is 323 g/mol. The van der Waals surface area contributed by atoms with E-state index in [1.165, 1.54) is 13.5 Å². The lowest BCUT2D eigenvalue weighted by molar-refractivity contribution is -0.150. The Morgan fingerprint density at radius 3 is 2.57 bits per heavy atom. The number of hydrogen-bond donors (Lipinski definition) is 1. The van der Waals surface area contributed by atoms with Crippen molar-refractivity contribution >= 4 is 17.5 Å². The number of aliphatic hydroxyl groups excluding tert-OH is 1. The summed E-state index contributed by atoms with van der Waals surface area (Å²) in [5.41, 5.74) is 0.0303. The van der Waals surface area contributed by atoms with E-state index >= 15 is 0 Å². The highest BCUT2D eigenvalue weighted by molar-refractivity contribution is 6.23. The van der Waals surface area contributed by atoms with Gasteiger partial charge in [-0.1, -0.05) is 40.0 Å². The molecule has 1 rings (SSSR count). The van der Waals surface area contributed by atoms with Gasteiger partial charge >= 0.3 is 5.97 Å². The van der Waals surface area contributed by atoms with Crippen molar-refractivity contribution in [2.75, 3.05) is 13.7 Å². The fourth-order valence-corrected chi connectivity index (χ4v) is 3.06. The first-order valence-electron chi connectivity index (χ1n) is 8.31. The van der Waals surface area contributed by atoms with E-state index in [2.05, 4.69) is 11.9 Å². The molecule has 1 N–H and O–H groups in total. The smallest absolute Gasteiger partial charge is 0.316 e. The molecule has 130 valence electrons. The third kappa shape index (κ3) is 4.66. The molecule has 5 heteroatoms. The molecule has 0 heterocycles. The van der Waals surface area contributed by atoms with Crippen LogP contribution >= 0.6 is 0 Å². The molecule has 5 nitrogen and oxygen atoms in total. The van der Waals surface area contributed by atoms with E-state index in [1.807, 2.05) is 0 Å². The molecule has 23 heavy (non-hydrogen) atoms. The lowest BCUT2D eigenvalue weighted by atomic mass is 9.68. The molecule has 0 amide bonds. The first-order valence-corrected chi connectivity index (χ1v) is 8.31. The minimum atomic E-state index is -0.828. The van der Waals surface area contributed by atoms with E-state index < -0.39 is 17.3 Å². The molecular formula is C18H29NO4. The molecule has 1 aliphatic rings. The summed E-state index contributed by atoms with van der Waals surface area (Å²) in [6, 6.07) is 0. The predicted molar refractivity (Wildman–Crippen MR) is 90.7 cm³/mol. The van der Waals surface area contributed by atoms with Crippen molar-refractivity contribution in [2.45, 2.75) is 59.8 Å². The molecule has 0 unspecified atom stereocenters. The topological polar surface area (TPSA) is 76.0 Å². The molecular weight excluding hydrogens is 294 g/mol. The summed E-state index contributed by atoms with van der Waals surface area (Å²) in [6.45, 7) is 8.07. The second-order valence-corrected chi connectivity index (χ2v) is 6.83. The third-order valence-corrected chi connectivity index (χ3v) is 4.37. The van der Waals surface area contributed by atoms with Gasteiger partial charge < -0.3 is 9.84 Å². The van der Waals surface area contributed by atoms with Crippen LogP contribution in [0, 0.1) is 11.3 Å². The van der Waals surface area contributed by atoms with Crippen LogP contribution in [0.4, 0.5) is 0 Å². The zero-order valence-electron chi connectivity index (χ0n) is 14.9. The van der Waals surface area contributed by atoms with Crippen LogP contribution in [0.15, 0.2) is 16.3 Å². The summed E-state index contributed by atoms with van der Waals surface area (Å²) in [6.07, 6.45) is 4.57. The number of hydrogen-bond acceptors (Lipinski definition) is 5. The number of esters is 1. The summed E-state index contributed by atoms with van der Waals surface area (Å²) in [5.74, 6) is -1.71. The van der Waals surface area contributed by atoms with Crippen LogP contribution in [0.3, 0.4) is 0 Å². The van der Waals surface area contributed by atoms with E-state index in [1.54, 1.807) is 20.8 Å². The molecule has 0 aromatic heterocycles. The number of unbranched alkanes of at least 4 members (excludes halogenated alkanes) is 3. The summed E-state index contributed by atoms with van der Waals surface area (Å²) >= 11 is 0. The fraction of sp³-hybridized carbons (Fsp3) is 0.722. The van der Waals surface area contributed by atoms with Crippen molar-refractivity contribution in [3.63, 3.8) is 0 Å². The van der Waals surface area contributed by atoms with Gasteiger partial charge in [0, 0.05) is 18.7 Å². The molecule has 0 bridgehead atoms. The maximum atomic E-state index is 12.4. The maximum Gasteiger partial charge on any atom is 0.316 e. The summed E-state index contributed by atoms with van der Waals surface area (Å²) in [5, 5.41) is 10.5. The predicted octanol–water partition coefficient (Wildman–Crippen LogP) is 3.63. The van der Waals surface area contributed by atoms with Gasteiger partial charge in [0.25, 0.3) is 0 Å². The highest BCUT2D eigenvalue weighted by Gasteiger charge is 2.47. The van der Waals surface area contributed by atoms with Gasteiger partial charge in [-0.05, 0) is 18.8 Å². The zero-order chi connectivity index (χ0) is 17.6. The number of carbonyl (C=O) groups is 2. The molecule has 0 saturated carbocycles. The highest BCUT2D eigenvalue weighted by Crippen LogP contribution is 2.42. The van der Waals surface area contributed by atoms with E-state index in [0.717, 1.165) is 19.3 Å². The Hall–Kier alpha value is -1.65. The number of rotatable bonds is 7. The largest absolute Gasteiger partial charge is 0.511 e. The fourth-order valence-electron chi connectivity index (χ4n) is 3.06. The molecule has 0 saturated heterocycles. The Morgan fingerprint density at radius 2 is 2.00 bits per heavy atom. The monoisotopic (exact) mass is 323 g/mol. The number of aliphatic imine (C=N–C) groups is 1. The Kier molecular flexibility index (Phi) is 6.98. The van der Waals surface area contributed by atoms with Gasteiger partial charge in [0.15, 0.2) is 5.78 Å². The highest BCUT2D eigenvalue weighted by atomic mass is 16.5. The normalized spacial score (nSPS) is 21.5. The Balaban J connectivity index is 3.04. The molecule has 0 fully saturated rings. The number of methoxy groups -OCH3 is 1. The lowest BCUT2D eigenvalue weighted by Gasteiger charge is -2.36. The number of aliphatic hydroxyl groups is 1. The second-order valence-electron chi connectivity index (χ2n) is 6.83. The summed E-state index contributed by atoms with van der Waals surface area (Å²) < 4.78 is 4.80. The number of carbonyl (C=O) groups excluding carboxylic acids is 2. The van der Waals surface area contributed by atoms with E-state index in [9.17, 15) is 14.7 Å². The van der Waals surface area contributed by atoms with Crippen LogP contribution in [-0.2, 0) is 14.3 Å². The number of ether oxygens (including phenoxy) is 1. The van der Waals surface area contributed by atoms with Gasteiger partial charge in [0.05, 0.1) is 12.7 Å². The van der Waals surface area contributed by atoms with Crippen molar-refractivity contribution in [1.29, 1.82) is 0 Å². The molecule has 0 radical (unpaired) electrons. The van der Waals surface area contributed by atoms with E-state index in [4.69, 9.17) is 4.74 Å². The van der Waals surface area contributed by atoms with Crippen molar-refractivity contribution in [1.82, 2.24) is 0 Å². The molecule has 0 aliphatic heterocycles. The van der Waals surface area contributed by atoms with Gasteiger partial charge in [-0.25, -0.2) is 0 Å². The van der Waals surface area contributed by atoms with Crippen molar-refractivity contribution in [2.24, 2.45) is 16.3 Å². The van der Waals surface area contributed by atoms with Crippen LogP contribution in [0.2, 0.25) is 0 Å². The second kappa shape index (κ2) is 8.27. The Labute approximate surface area is 138 Å². The van der Waals surface area contributed by atoms with Crippen LogP contribution in [0.1, 0.15) is 59.8 Å². The van der Waals surface area contributed by atoms with Gasteiger partial charge in [0.1, 0.15) is 11.7 Å². The van der Waals surface area contributed by atoms with Crippen molar-refractivity contribution in [3.05, 3.63) is 11.3 Å². The SMILES string of the molecule is CCCCCCN=C(C)C1=C(O)[C@@H](C(=O)OC)C(C)(C)CC1=O. The van der Waals surface area contributed by atoms with Crippen molar-refractivity contribution in [3.8, 4) is 0 Å². The van der Waals surface area contributed by atoms with Crippen LogP contribution in [-0.4, -0.2) is 36.2 Å². The Bertz CT molecular complexity index is 517. The maximum absolute atomic E-state index is 12.4. The van der Waals surface area contributed by atoms with E-state index in [-0.39, 0.29) is 23.5 Å². The first kappa shape index (κ1) is 19.4. The van der Waals surface area contributed by atoms with Crippen LogP contribution < -0.4 is 0 Å². The third-order valence-electron chi connectivity index (χ3n) is 4.37. The molecule has 0 spiro atoms. The van der Waals surface area contributed by atoms with Gasteiger partial charge in [-0.3, -0.25) is 14.6 Å². The van der Waals surface area contributed by atoms with Crippen molar-refractivity contribution < 1.29 is 19.4 Å². The number of ketones is 1. The molecule has 1 atom stereocenters. The quantitative estimate of drug-likeness (QED) is 0.441. The van der Waals surface area contributed by atoms with Gasteiger partial charge in [0.2, 0.25) is 0 Å². The standard InChI is InChI=1S/C18H29NO4/c1-6-7-8-9-10-19-12(2)14-13(20)11-18(3,4)15(16(14)21)17(22)23-5/h15,21H,6-11H2,1-5H3/t15-/m0/s1. The number of allylic oxidation sites excluding steroid dienone is 1. The molecule has 1 aliphatic carbocycles. The summed E-state index contributed by atoms with van der Waals surface area (Å²) in [7, 11) is 1.29. The van der Waals surface area contributed by atoms with E-state index in [0.29, 0.717) is 12.3 Å². The van der Waals surface area contributed by atoms with Gasteiger partial charge in [-0.2, -0.15) is 0 Å². The number of Topliss-reactive ketones (excluding diaryl/α,β-unsaturated/α-hetero) is 1. The molecule has 0 aromatic carbocycles. The average Bonchev–Trinajstić information content (AvgIpc) is 2.45. The molecule has 0 aromatic rings. The Morgan fingerprint density at radius 1 is 1.35 bits per heavy atom. The van der Waals surface area contributed by atoms with Crippen LogP contribution in [0.5, 0.6) is 0 Å². The number of nitrogens with zero attached hydrogens (tertiary/aromatic N) is 1.